The van der Waals surface area contributed by atoms with Crippen molar-refractivity contribution in [3.8, 4) is 0 Å². The Morgan fingerprint density at radius 1 is 1.50 bits per heavy atom. The first-order valence-electron chi connectivity index (χ1n) is 4.39. The van der Waals surface area contributed by atoms with Gasteiger partial charge in [0.15, 0.2) is 0 Å². The van der Waals surface area contributed by atoms with Crippen LogP contribution in [0.1, 0.15) is 13.3 Å². The third kappa shape index (κ3) is 2.70. The molecule has 1 rings (SSSR count). The monoisotopic (exact) mass is 171 g/mol. The number of ether oxygens (including phenoxy) is 1. The Kier molecular flexibility index (Phi) is 3.87. The molecule has 0 spiro atoms. The summed E-state index contributed by atoms with van der Waals surface area (Å²) in [6, 6.07) is 0. The van der Waals surface area contributed by atoms with Crippen molar-refractivity contribution in [2.24, 2.45) is 0 Å². The topological polar surface area (TPSA) is 43.6 Å². The predicted molar refractivity (Wildman–Crippen MR) is 45.1 cm³/mol. The summed E-state index contributed by atoms with van der Waals surface area (Å²) in [5, 5.41) is 4.14. The first-order chi connectivity index (χ1) is 5.84. The van der Waals surface area contributed by atoms with Crippen LogP contribution in [0.15, 0.2) is 0 Å². The zero-order valence-electron chi connectivity index (χ0n) is 7.45. The maximum atomic E-state index is 11.2. The van der Waals surface area contributed by atoms with Crippen LogP contribution < -0.4 is 5.32 Å². The average molecular weight is 171 g/mol. The molecule has 4 heteroatoms. The summed E-state index contributed by atoms with van der Waals surface area (Å²) in [4.78, 5) is 12.9. The summed E-state index contributed by atoms with van der Waals surface area (Å²) in [6.45, 7) is 5.43. The second-order valence-electron chi connectivity index (χ2n) is 2.77. The molecular weight excluding hydrogens is 156 g/mol. The van der Waals surface area contributed by atoms with Gasteiger partial charge < -0.3 is 9.64 Å². The predicted octanol–water partition coefficient (Wildman–Crippen LogP) is 0.453. The van der Waals surface area contributed by atoms with Crippen LogP contribution in [-0.2, 0) is 4.74 Å². The highest BCUT2D eigenvalue weighted by molar-refractivity contribution is 5.67. The van der Waals surface area contributed by atoms with E-state index in [1.807, 2.05) is 6.92 Å². The molecule has 12 heavy (non-hydrogen) atoms. The molecule has 0 aliphatic carbocycles. The number of carbonyl (C=O) groups excluding carboxylic acids is 1. The molecule has 0 saturated carbocycles. The lowest BCUT2D eigenvalue weighted by atomic mass is 10.4. The van der Waals surface area contributed by atoms with Gasteiger partial charge in [-0.05, 0) is 6.42 Å². The van der Waals surface area contributed by atoms with Crippen LogP contribution in [0.3, 0.4) is 0 Å². The quantitative estimate of drug-likeness (QED) is 0.605. The lowest BCUT2D eigenvalue weighted by Crippen LogP contribution is -2.44. The number of rotatable bonds is 2. The van der Waals surface area contributed by atoms with Crippen molar-refractivity contribution in [1.29, 1.82) is 0 Å². The highest BCUT2D eigenvalue weighted by Gasteiger charge is 2.16. The fourth-order valence-corrected chi connectivity index (χ4v) is 1.07. The van der Waals surface area contributed by atoms with Gasteiger partial charge in [-0.3, -0.25) is 0 Å². The van der Waals surface area contributed by atoms with E-state index < -0.39 is 0 Å². The van der Waals surface area contributed by atoms with Crippen molar-refractivity contribution in [3.05, 3.63) is 0 Å². The Morgan fingerprint density at radius 3 is 2.75 bits per heavy atom. The Hall–Kier alpha value is -0.770. The Balaban J connectivity index is 2.20. The smallest absolute Gasteiger partial charge is 0.409 e. The van der Waals surface area contributed by atoms with Gasteiger partial charge in [-0.2, -0.15) is 0 Å². The number of hydrogen-bond acceptors (Lipinski definition) is 2. The molecule has 0 aromatic heterocycles. The van der Waals surface area contributed by atoms with Gasteiger partial charge in [-0.25, -0.2) is 10.1 Å². The summed E-state index contributed by atoms with van der Waals surface area (Å²) in [5.41, 5.74) is 0. The maximum absolute atomic E-state index is 11.2. The summed E-state index contributed by atoms with van der Waals surface area (Å²) in [5.74, 6) is 0. The number of hydrogen-bond donors (Lipinski definition) is 0. The molecule has 0 aromatic rings. The van der Waals surface area contributed by atoms with Gasteiger partial charge >= 0.3 is 6.09 Å². The molecule has 4 nitrogen and oxygen atoms in total. The molecule has 0 N–H and O–H groups in total. The van der Waals surface area contributed by atoms with Crippen LogP contribution >= 0.6 is 0 Å². The van der Waals surface area contributed by atoms with E-state index in [4.69, 9.17) is 4.74 Å². The fraction of sp³-hybridized carbons (Fsp3) is 0.875. The van der Waals surface area contributed by atoms with Gasteiger partial charge in [0.05, 0.1) is 6.61 Å². The van der Waals surface area contributed by atoms with E-state index in [1.165, 1.54) is 0 Å². The second-order valence-corrected chi connectivity index (χ2v) is 2.77. The van der Waals surface area contributed by atoms with Crippen molar-refractivity contribution >= 4 is 6.09 Å². The van der Waals surface area contributed by atoms with Gasteiger partial charge in [0.25, 0.3) is 0 Å². The molecule has 1 fully saturated rings. The summed E-state index contributed by atoms with van der Waals surface area (Å²) in [6.07, 6.45) is 0.691. The van der Waals surface area contributed by atoms with Crippen LogP contribution in [0.2, 0.25) is 0 Å². The van der Waals surface area contributed by atoms with E-state index >= 15 is 0 Å². The van der Waals surface area contributed by atoms with E-state index in [1.54, 1.807) is 4.90 Å². The molecule has 1 heterocycles. The molecule has 0 unspecified atom stereocenters. The Labute approximate surface area is 72.9 Å². The maximum Gasteiger partial charge on any atom is 0.409 e. The lowest BCUT2D eigenvalue weighted by Gasteiger charge is -2.25. The number of amides is 1. The normalized spacial score (nSPS) is 17.6. The molecule has 0 aromatic carbocycles. The van der Waals surface area contributed by atoms with Crippen molar-refractivity contribution in [1.82, 2.24) is 10.2 Å². The Morgan fingerprint density at radius 2 is 2.17 bits per heavy atom. The minimum atomic E-state index is -0.188. The molecule has 1 radical (unpaired) electrons. The number of nitrogens with zero attached hydrogens (tertiary/aromatic N) is 2. The van der Waals surface area contributed by atoms with Crippen molar-refractivity contribution in [3.63, 3.8) is 0 Å². The summed E-state index contributed by atoms with van der Waals surface area (Å²) >= 11 is 0. The van der Waals surface area contributed by atoms with E-state index in [0.717, 1.165) is 19.5 Å². The molecule has 1 amide bonds. The highest BCUT2D eigenvalue weighted by Crippen LogP contribution is 1.97. The number of carbonyl (C=O) groups is 1. The summed E-state index contributed by atoms with van der Waals surface area (Å²) in [7, 11) is 0. The average Bonchev–Trinajstić information content (AvgIpc) is 2.15. The molecule has 1 aliphatic heterocycles. The molecular formula is C8H15N2O2. The van der Waals surface area contributed by atoms with Crippen molar-refractivity contribution in [2.75, 3.05) is 32.8 Å². The van der Waals surface area contributed by atoms with Crippen LogP contribution in [0.5, 0.6) is 0 Å². The van der Waals surface area contributed by atoms with Gasteiger partial charge in [-0.15, -0.1) is 0 Å². The largest absolute Gasteiger partial charge is 0.449 e. The summed E-state index contributed by atoms with van der Waals surface area (Å²) < 4.78 is 4.98. The van der Waals surface area contributed by atoms with Crippen LogP contribution in [0.4, 0.5) is 4.79 Å². The van der Waals surface area contributed by atoms with Crippen molar-refractivity contribution in [2.45, 2.75) is 13.3 Å². The van der Waals surface area contributed by atoms with Crippen LogP contribution in [-0.4, -0.2) is 43.8 Å². The standard InChI is InChI=1S/C8H15N2O2/c1-2-7-12-8(11)10-5-3-9-4-6-10/h2-7H2,1H3. The first kappa shape index (κ1) is 9.32. The fourth-order valence-electron chi connectivity index (χ4n) is 1.07. The van der Waals surface area contributed by atoms with Gasteiger partial charge in [0.1, 0.15) is 0 Å². The Bertz CT molecular complexity index is 144. The van der Waals surface area contributed by atoms with Gasteiger partial charge in [0.2, 0.25) is 0 Å². The van der Waals surface area contributed by atoms with E-state index in [0.29, 0.717) is 19.7 Å². The van der Waals surface area contributed by atoms with Crippen molar-refractivity contribution < 1.29 is 9.53 Å². The number of piperazine rings is 1. The third-order valence-corrected chi connectivity index (χ3v) is 1.74. The lowest BCUT2D eigenvalue weighted by molar-refractivity contribution is 0.0974. The first-order valence-corrected chi connectivity index (χ1v) is 4.39. The molecule has 69 valence electrons. The van der Waals surface area contributed by atoms with Gasteiger partial charge in [0, 0.05) is 26.2 Å². The molecule has 0 atom stereocenters. The minimum absolute atomic E-state index is 0.188. The highest BCUT2D eigenvalue weighted by atomic mass is 16.6. The second kappa shape index (κ2) is 4.98. The third-order valence-electron chi connectivity index (χ3n) is 1.74. The van der Waals surface area contributed by atoms with E-state index in [9.17, 15) is 4.79 Å². The molecule has 1 aliphatic rings. The van der Waals surface area contributed by atoms with Crippen LogP contribution in [0, 0.1) is 0 Å². The van der Waals surface area contributed by atoms with E-state index in [2.05, 4.69) is 5.32 Å². The van der Waals surface area contributed by atoms with Crippen LogP contribution in [0.25, 0.3) is 0 Å². The van der Waals surface area contributed by atoms with E-state index in [-0.39, 0.29) is 6.09 Å². The SMILES string of the molecule is CCCOC(=O)N1CC[N]CC1. The molecule has 1 saturated heterocycles. The van der Waals surface area contributed by atoms with Gasteiger partial charge in [-0.1, -0.05) is 6.92 Å². The zero-order valence-corrected chi connectivity index (χ0v) is 7.45. The zero-order chi connectivity index (χ0) is 8.81. The minimum Gasteiger partial charge on any atom is -0.449 e. The molecule has 0 bridgehead atoms.